The lowest BCUT2D eigenvalue weighted by molar-refractivity contribution is 0.427. The fourth-order valence-electron chi connectivity index (χ4n) is 9.46. The van der Waals surface area contributed by atoms with E-state index in [4.69, 9.17) is 19.7 Å². The van der Waals surface area contributed by atoms with Crippen molar-refractivity contribution in [3.63, 3.8) is 0 Å². The van der Waals surface area contributed by atoms with Gasteiger partial charge in [0.15, 0.2) is 17.5 Å². The van der Waals surface area contributed by atoms with Crippen molar-refractivity contribution in [1.82, 2.24) is 15.0 Å². The van der Waals surface area contributed by atoms with E-state index in [9.17, 15) is 0 Å². The van der Waals surface area contributed by atoms with Gasteiger partial charge in [-0.2, -0.15) is 0 Å². The highest BCUT2D eigenvalue weighted by atomic mass is 16.5. The van der Waals surface area contributed by atoms with Gasteiger partial charge in [0.1, 0.15) is 11.5 Å². The number of hydrogen-bond acceptors (Lipinski definition) is 4. The number of fused-ring (bicyclic) bond motifs is 8. The first-order valence-electron chi connectivity index (χ1n) is 20.2. The fraction of sp³-hybridized carbons (Fsp3) is 0.0727. The molecule has 2 heterocycles. The Morgan fingerprint density at radius 3 is 1.27 bits per heavy atom. The summed E-state index contributed by atoms with van der Waals surface area (Å²) in [6.45, 7) is 4.70. The molecule has 0 radical (unpaired) electrons. The summed E-state index contributed by atoms with van der Waals surface area (Å²) in [5.74, 6) is 3.62. The number of benzene rings is 8. The maximum atomic E-state index is 7.02. The molecule has 8 aromatic carbocycles. The van der Waals surface area contributed by atoms with Gasteiger partial charge in [0.2, 0.25) is 0 Å². The van der Waals surface area contributed by atoms with Crippen molar-refractivity contribution < 1.29 is 4.74 Å². The maximum Gasteiger partial charge on any atom is 0.164 e. The molecule has 0 saturated heterocycles. The fourth-order valence-corrected chi connectivity index (χ4v) is 9.46. The lowest BCUT2D eigenvalue weighted by Gasteiger charge is -2.50. The predicted octanol–water partition coefficient (Wildman–Crippen LogP) is 13.3. The van der Waals surface area contributed by atoms with Crippen LogP contribution in [0, 0.1) is 0 Å². The summed E-state index contributed by atoms with van der Waals surface area (Å²) in [6, 6.07) is 70.6. The van der Waals surface area contributed by atoms with E-state index in [1.54, 1.807) is 0 Å². The van der Waals surface area contributed by atoms with E-state index < -0.39 is 5.41 Å². The quantitative estimate of drug-likeness (QED) is 0.175. The van der Waals surface area contributed by atoms with Crippen LogP contribution in [0.5, 0.6) is 11.5 Å². The van der Waals surface area contributed by atoms with Crippen LogP contribution in [0.25, 0.3) is 56.4 Å². The van der Waals surface area contributed by atoms with Crippen molar-refractivity contribution in [2.45, 2.75) is 24.7 Å². The average Bonchev–Trinajstić information content (AvgIpc) is 3.31. The molecule has 59 heavy (non-hydrogen) atoms. The summed E-state index contributed by atoms with van der Waals surface area (Å²) in [5, 5.41) is 0. The first-order valence-corrected chi connectivity index (χ1v) is 20.2. The van der Waals surface area contributed by atoms with E-state index in [1.807, 2.05) is 36.4 Å². The second-order valence-electron chi connectivity index (χ2n) is 15.9. The van der Waals surface area contributed by atoms with E-state index in [0.717, 1.165) is 56.0 Å². The third-order valence-electron chi connectivity index (χ3n) is 12.3. The second-order valence-corrected chi connectivity index (χ2v) is 15.9. The minimum Gasteiger partial charge on any atom is -0.456 e. The SMILES string of the molecule is CC1(C)c2ccccc2C2(c3ccccc3Oc3c(-c4ccc(-c5nc(-c6ccccc6)nc(-c6ccc(-c7ccccc7)cc6)n5)cc4)cccc32)c2ccccc21. The summed E-state index contributed by atoms with van der Waals surface area (Å²) >= 11 is 0. The molecule has 4 nitrogen and oxygen atoms in total. The molecule has 0 fully saturated rings. The zero-order valence-electron chi connectivity index (χ0n) is 32.8. The number of rotatable bonds is 5. The first-order chi connectivity index (χ1) is 29.0. The smallest absolute Gasteiger partial charge is 0.164 e. The Morgan fingerprint density at radius 1 is 0.322 bits per heavy atom. The Labute approximate surface area is 344 Å². The highest BCUT2D eigenvalue weighted by Gasteiger charge is 2.53. The minimum absolute atomic E-state index is 0.180. The number of aromatic nitrogens is 3. The molecule has 1 aliphatic carbocycles. The first kappa shape index (κ1) is 34.8. The van der Waals surface area contributed by atoms with E-state index in [0.29, 0.717) is 17.5 Å². The van der Waals surface area contributed by atoms with Crippen LogP contribution in [0.15, 0.2) is 200 Å². The van der Waals surface area contributed by atoms with Crippen molar-refractivity contribution >= 4 is 0 Å². The van der Waals surface area contributed by atoms with Crippen LogP contribution in [-0.2, 0) is 10.8 Å². The molecule has 280 valence electrons. The predicted molar refractivity (Wildman–Crippen MR) is 238 cm³/mol. The van der Waals surface area contributed by atoms with Crippen LogP contribution in [0.1, 0.15) is 47.2 Å². The summed E-state index contributed by atoms with van der Waals surface area (Å²) in [7, 11) is 0. The minimum atomic E-state index is -0.572. The Balaban J connectivity index is 1.04. The number of hydrogen-bond donors (Lipinski definition) is 0. The van der Waals surface area contributed by atoms with Gasteiger partial charge in [-0.15, -0.1) is 0 Å². The number of nitrogens with zero attached hydrogens (tertiary/aromatic N) is 3. The van der Waals surface area contributed by atoms with Crippen molar-refractivity contribution in [1.29, 1.82) is 0 Å². The zero-order valence-corrected chi connectivity index (χ0v) is 32.8. The molecule has 0 N–H and O–H groups in total. The van der Waals surface area contributed by atoms with Gasteiger partial charge in [-0.1, -0.05) is 208 Å². The number of para-hydroxylation sites is 2. The molecule has 1 aliphatic heterocycles. The van der Waals surface area contributed by atoms with Crippen LogP contribution in [0.3, 0.4) is 0 Å². The van der Waals surface area contributed by atoms with E-state index in [1.165, 1.54) is 27.8 Å². The zero-order chi connectivity index (χ0) is 39.6. The topological polar surface area (TPSA) is 47.9 Å². The molecular formula is C55H39N3O. The van der Waals surface area contributed by atoms with Crippen molar-refractivity contribution in [3.05, 3.63) is 234 Å². The Hall–Kier alpha value is -7.43. The Kier molecular flexibility index (Phi) is 8.02. The second kappa shape index (κ2) is 13.6. The summed E-state index contributed by atoms with van der Waals surface area (Å²) in [5.41, 5.74) is 13.9. The Morgan fingerprint density at radius 2 is 0.712 bits per heavy atom. The lowest BCUT2D eigenvalue weighted by atomic mass is 9.53. The van der Waals surface area contributed by atoms with Gasteiger partial charge in [-0.25, -0.2) is 15.0 Å². The van der Waals surface area contributed by atoms with Gasteiger partial charge < -0.3 is 4.74 Å². The lowest BCUT2D eigenvalue weighted by Crippen LogP contribution is -2.43. The van der Waals surface area contributed by atoms with E-state index in [-0.39, 0.29) is 5.41 Å². The normalized spacial score (nSPS) is 14.0. The van der Waals surface area contributed by atoms with Crippen molar-refractivity contribution in [2.75, 3.05) is 0 Å². The molecule has 0 bridgehead atoms. The molecule has 1 aromatic heterocycles. The van der Waals surface area contributed by atoms with E-state index >= 15 is 0 Å². The van der Waals surface area contributed by atoms with Gasteiger partial charge in [0, 0.05) is 38.8 Å². The average molecular weight is 758 g/mol. The standard InChI is InChI=1S/C55H39N3O/c1-54(2)43-21-9-11-23-45(43)55(46-24-12-10-22-44(46)54)47-25-13-14-27-49(47)59-50-42(20-15-26-48(50)55)38-30-34-41(35-31-38)53-57-51(39-18-7-4-8-19-39)56-52(58-53)40-32-28-37(29-33-40)36-16-5-3-6-17-36/h3-35H,1-2H3. The maximum absolute atomic E-state index is 7.02. The molecule has 1 spiro atoms. The Bertz CT molecular complexity index is 2980. The summed E-state index contributed by atoms with van der Waals surface area (Å²) in [6.07, 6.45) is 0. The van der Waals surface area contributed by atoms with Crippen LogP contribution in [0.4, 0.5) is 0 Å². The third kappa shape index (κ3) is 5.48. The molecule has 4 heteroatoms. The monoisotopic (exact) mass is 757 g/mol. The summed E-state index contributed by atoms with van der Waals surface area (Å²) < 4.78 is 7.02. The van der Waals surface area contributed by atoms with Crippen molar-refractivity contribution in [2.24, 2.45) is 0 Å². The van der Waals surface area contributed by atoms with Gasteiger partial charge in [0.05, 0.1) is 5.41 Å². The molecule has 0 atom stereocenters. The van der Waals surface area contributed by atoms with Gasteiger partial charge >= 0.3 is 0 Å². The molecule has 0 saturated carbocycles. The molecule has 9 aromatic rings. The molecule has 0 amide bonds. The molecule has 2 aliphatic rings. The van der Waals surface area contributed by atoms with Gasteiger partial charge in [-0.05, 0) is 45.0 Å². The van der Waals surface area contributed by atoms with Crippen molar-refractivity contribution in [3.8, 4) is 67.9 Å². The molecule has 0 unspecified atom stereocenters. The highest BCUT2D eigenvalue weighted by molar-refractivity contribution is 5.82. The highest BCUT2D eigenvalue weighted by Crippen LogP contribution is 2.62. The van der Waals surface area contributed by atoms with Crippen LogP contribution in [-0.4, -0.2) is 15.0 Å². The van der Waals surface area contributed by atoms with Gasteiger partial charge in [-0.3, -0.25) is 0 Å². The third-order valence-corrected chi connectivity index (χ3v) is 12.3. The molecule has 11 rings (SSSR count). The summed E-state index contributed by atoms with van der Waals surface area (Å²) in [4.78, 5) is 15.1. The van der Waals surface area contributed by atoms with Crippen LogP contribution >= 0.6 is 0 Å². The van der Waals surface area contributed by atoms with Crippen LogP contribution < -0.4 is 4.74 Å². The van der Waals surface area contributed by atoms with Gasteiger partial charge in [0.25, 0.3) is 0 Å². The van der Waals surface area contributed by atoms with E-state index in [2.05, 4.69) is 178 Å². The molecular weight excluding hydrogens is 719 g/mol. The van der Waals surface area contributed by atoms with Crippen LogP contribution in [0.2, 0.25) is 0 Å². The largest absolute Gasteiger partial charge is 0.456 e. The number of ether oxygens (including phenoxy) is 1.